The van der Waals surface area contributed by atoms with E-state index in [-0.39, 0.29) is 0 Å². The summed E-state index contributed by atoms with van der Waals surface area (Å²) < 4.78 is 5.55. The molecule has 100 valence electrons. The predicted octanol–water partition coefficient (Wildman–Crippen LogP) is 2.28. The summed E-state index contributed by atoms with van der Waals surface area (Å²) in [6, 6.07) is 1.90. The number of hydrogen-bond acceptors (Lipinski definition) is 5. The molecule has 5 nitrogen and oxygen atoms in total. The topological polar surface area (TPSA) is 59.1 Å². The number of aromatic nitrogens is 2. The summed E-state index contributed by atoms with van der Waals surface area (Å²) in [5.74, 6) is 1.56. The van der Waals surface area contributed by atoms with Gasteiger partial charge in [-0.15, -0.1) is 0 Å². The Hall–Kier alpha value is -1.36. The minimum atomic E-state index is 0.310. The van der Waals surface area contributed by atoms with E-state index in [1.807, 2.05) is 6.07 Å². The van der Waals surface area contributed by atoms with Gasteiger partial charge in [0.15, 0.2) is 0 Å². The van der Waals surface area contributed by atoms with Crippen LogP contribution in [0.5, 0.6) is 0 Å². The van der Waals surface area contributed by atoms with Gasteiger partial charge in [0.25, 0.3) is 0 Å². The highest BCUT2D eigenvalue weighted by Crippen LogP contribution is 2.13. The molecule has 1 aromatic rings. The molecule has 2 heterocycles. The molecule has 1 fully saturated rings. The van der Waals surface area contributed by atoms with E-state index >= 15 is 0 Å². The maximum Gasteiger partial charge on any atom is 0.224 e. The smallest absolute Gasteiger partial charge is 0.224 e. The van der Waals surface area contributed by atoms with Gasteiger partial charge in [0.05, 0.1) is 6.10 Å². The van der Waals surface area contributed by atoms with E-state index in [4.69, 9.17) is 4.74 Å². The number of hydrogen-bond donors (Lipinski definition) is 2. The van der Waals surface area contributed by atoms with Crippen molar-refractivity contribution in [3.63, 3.8) is 0 Å². The van der Waals surface area contributed by atoms with Gasteiger partial charge in [-0.25, -0.2) is 4.98 Å². The van der Waals surface area contributed by atoms with Crippen LogP contribution in [0.25, 0.3) is 0 Å². The van der Waals surface area contributed by atoms with Crippen LogP contribution < -0.4 is 10.6 Å². The van der Waals surface area contributed by atoms with E-state index in [0.29, 0.717) is 12.1 Å². The second kappa shape index (κ2) is 7.16. The highest BCUT2D eigenvalue weighted by Gasteiger charge is 2.15. The first kappa shape index (κ1) is 13.1. The second-order valence-corrected chi connectivity index (χ2v) is 4.56. The average molecular weight is 250 g/mol. The van der Waals surface area contributed by atoms with Crippen molar-refractivity contribution >= 4 is 11.8 Å². The standard InChI is InChI=1S/C13H22N4O/c1-2-3-7-14-12-6-8-15-13(17-12)16-10-11-5-4-9-18-11/h6,8,11H,2-5,7,9-10H2,1H3,(H2,14,15,16,17). The predicted molar refractivity (Wildman–Crippen MR) is 72.9 cm³/mol. The molecular formula is C13H22N4O. The Morgan fingerprint density at radius 2 is 2.39 bits per heavy atom. The summed E-state index contributed by atoms with van der Waals surface area (Å²) >= 11 is 0. The third-order valence-corrected chi connectivity index (χ3v) is 3.00. The molecule has 0 bridgehead atoms. The van der Waals surface area contributed by atoms with Crippen molar-refractivity contribution in [3.05, 3.63) is 12.3 Å². The molecule has 0 aliphatic carbocycles. The molecule has 1 atom stereocenters. The maximum absolute atomic E-state index is 5.55. The average Bonchev–Trinajstić information content (AvgIpc) is 2.90. The number of ether oxygens (including phenoxy) is 1. The Morgan fingerprint density at radius 3 is 3.17 bits per heavy atom. The lowest BCUT2D eigenvalue weighted by atomic mass is 10.2. The molecule has 5 heteroatoms. The van der Waals surface area contributed by atoms with Crippen molar-refractivity contribution in [1.29, 1.82) is 0 Å². The van der Waals surface area contributed by atoms with Gasteiger partial charge in [-0.2, -0.15) is 4.98 Å². The van der Waals surface area contributed by atoms with Gasteiger partial charge in [-0.1, -0.05) is 13.3 Å². The van der Waals surface area contributed by atoms with Crippen LogP contribution in [0, 0.1) is 0 Å². The van der Waals surface area contributed by atoms with E-state index in [2.05, 4.69) is 27.5 Å². The van der Waals surface area contributed by atoms with Gasteiger partial charge in [-0.05, 0) is 25.3 Å². The molecule has 0 spiro atoms. The molecule has 2 N–H and O–H groups in total. The van der Waals surface area contributed by atoms with Crippen LogP contribution in [0.1, 0.15) is 32.6 Å². The minimum Gasteiger partial charge on any atom is -0.376 e. The second-order valence-electron chi connectivity index (χ2n) is 4.56. The van der Waals surface area contributed by atoms with Crippen molar-refractivity contribution in [2.24, 2.45) is 0 Å². The monoisotopic (exact) mass is 250 g/mol. The number of nitrogens with zero attached hydrogens (tertiary/aromatic N) is 2. The Kier molecular flexibility index (Phi) is 5.20. The number of unbranched alkanes of at least 4 members (excludes halogenated alkanes) is 1. The summed E-state index contributed by atoms with van der Waals surface area (Å²) in [7, 11) is 0. The third kappa shape index (κ3) is 4.14. The molecule has 1 unspecified atom stereocenters. The normalized spacial score (nSPS) is 18.8. The zero-order valence-electron chi connectivity index (χ0n) is 11.0. The quantitative estimate of drug-likeness (QED) is 0.727. The molecule has 1 aliphatic rings. The van der Waals surface area contributed by atoms with E-state index in [9.17, 15) is 0 Å². The van der Waals surface area contributed by atoms with Crippen molar-refractivity contribution in [2.45, 2.75) is 38.7 Å². The Labute approximate surface area is 108 Å². The summed E-state index contributed by atoms with van der Waals surface area (Å²) in [4.78, 5) is 8.63. The van der Waals surface area contributed by atoms with Crippen molar-refractivity contribution in [1.82, 2.24) is 9.97 Å². The Bertz CT molecular complexity index is 353. The molecule has 2 rings (SSSR count). The van der Waals surface area contributed by atoms with Crippen LogP contribution in [0.2, 0.25) is 0 Å². The Balaban J connectivity index is 1.78. The highest BCUT2D eigenvalue weighted by atomic mass is 16.5. The lowest BCUT2D eigenvalue weighted by Gasteiger charge is -2.11. The summed E-state index contributed by atoms with van der Waals surface area (Å²) in [5.41, 5.74) is 0. The molecule has 0 amide bonds. The molecule has 1 aliphatic heterocycles. The van der Waals surface area contributed by atoms with Crippen LogP contribution in [-0.4, -0.2) is 35.8 Å². The van der Waals surface area contributed by atoms with Crippen molar-refractivity contribution in [3.8, 4) is 0 Å². The third-order valence-electron chi connectivity index (χ3n) is 3.00. The van der Waals surface area contributed by atoms with Gasteiger partial charge >= 0.3 is 0 Å². The summed E-state index contributed by atoms with van der Waals surface area (Å²) in [6.45, 7) is 4.80. The van der Waals surface area contributed by atoms with Gasteiger partial charge in [0.2, 0.25) is 5.95 Å². The van der Waals surface area contributed by atoms with Crippen LogP contribution in [0.15, 0.2) is 12.3 Å². The largest absolute Gasteiger partial charge is 0.376 e. The fourth-order valence-electron chi connectivity index (χ4n) is 1.95. The molecule has 1 aromatic heterocycles. The highest BCUT2D eigenvalue weighted by molar-refractivity contribution is 5.39. The molecule has 0 radical (unpaired) electrons. The SMILES string of the molecule is CCCCNc1ccnc(NCC2CCCO2)n1. The van der Waals surface area contributed by atoms with Crippen LogP contribution in [0.4, 0.5) is 11.8 Å². The lowest BCUT2D eigenvalue weighted by Crippen LogP contribution is -2.19. The fraction of sp³-hybridized carbons (Fsp3) is 0.692. The lowest BCUT2D eigenvalue weighted by molar-refractivity contribution is 0.120. The first-order valence-electron chi connectivity index (χ1n) is 6.81. The van der Waals surface area contributed by atoms with E-state index in [0.717, 1.165) is 44.8 Å². The zero-order chi connectivity index (χ0) is 12.6. The van der Waals surface area contributed by atoms with Crippen LogP contribution in [0.3, 0.4) is 0 Å². The zero-order valence-corrected chi connectivity index (χ0v) is 11.0. The van der Waals surface area contributed by atoms with Gasteiger partial charge < -0.3 is 15.4 Å². The first-order chi connectivity index (χ1) is 8.88. The number of rotatable bonds is 7. The van der Waals surface area contributed by atoms with Crippen molar-refractivity contribution in [2.75, 3.05) is 30.3 Å². The fourth-order valence-corrected chi connectivity index (χ4v) is 1.95. The van der Waals surface area contributed by atoms with Gasteiger partial charge in [0.1, 0.15) is 5.82 Å². The van der Waals surface area contributed by atoms with Crippen LogP contribution in [-0.2, 0) is 4.74 Å². The molecule has 18 heavy (non-hydrogen) atoms. The number of anilines is 2. The molecule has 0 aromatic carbocycles. The van der Waals surface area contributed by atoms with E-state index in [1.165, 1.54) is 6.42 Å². The molecule has 1 saturated heterocycles. The molecular weight excluding hydrogens is 228 g/mol. The van der Waals surface area contributed by atoms with Gasteiger partial charge in [-0.3, -0.25) is 0 Å². The molecule has 0 saturated carbocycles. The number of nitrogens with one attached hydrogen (secondary N) is 2. The van der Waals surface area contributed by atoms with Crippen molar-refractivity contribution < 1.29 is 4.74 Å². The van der Waals surface area contributed by atoms with Crippen LogP contribution >= 0.6 is 0 Å². The maximum atomic E-state index is 5.55. The summed E-state index contributed by atoms with van der Waals surface area (Å²) in [5, 5.41) is 6.52. The first-order valence-corrected chi connectivity index (χ1v) is 6.81. The summed E-state index contributed by atoms with van der Waals surface area (Å²) in [6.07, 6.45) is 6.71. The van der Waals surface area contributed by atoms with E-state index in [1.54, 1.807) is 6.20 Å². The minimum absolute atomic E-state index is 0.310. The van der Waals surface area contributed by atoms with Gasteiger partial charge in [0, 0.05) is 25.9 Å². The Morgan fingerprint density at radius 1 is 1.44 bits per heavy atom. The van der Waals surface area contributed by atoms with E-state index < -0.39 is 0 Å².